The summed E-state index contributed by atoms with van der Waals surface area (Å²) >= 11 is 6.97. The molecule has 1 fully saturated rings. The van der Waals surface area contributed by atoms with Crippen LogP contribution in [0.1, 0.15) is 24.8 Å². The molecule has 18 heavy (non-hydrogen) atoms. The minimum Gasteiger partial charge on any atom is -0.323 e. The van der Waals surface area contributed by atoms with Crippen LogP contribution in [0.5, 0.6) is 0 Å². The molecule has 1 aromatic rings. The Bertz CT molecular complexity index is 433. The smallest absolute Gasteiger partial charge is 0.241 e. The van der Waals surface area contributed by atoms with Crippen LogP contribution in [-0.2, 0) is 4.79 Å². The van der Waals surface area contributed by atoms with Gasteiger partial charge in [-0.15, -0.1) is 0 Å². The Morgan fingerprint density at radius 1 is 1.33 bits per heavy atom. The van der Waals surface area contributed by atoms with Gasteiger partial charge in [-0.2, -0.15) is 0 Å². The van der Waals surface area contributed by atoms with Crippen LogP contribution in [0.15, 0.2) is 21.1 Å². The third kappa shape index (κ3) is 3.33. The van der Waals surface area contributed by atoms with Crippen molar-refractivity contribution in [2.45, 2.75) is 32.2 Å². The molecular weight excluding hydrogens is 360 g/mol. The molecular formula is C13H16Br2N2O. The maximum Gasteiger partial charge on any atom is 0.241 e. The van der Waals surface area contributed by atoms with Gasteiger partial charge >= 0.3 is 0 Å². The summed E-state index contributed by atoms with van der Waals surface area (Å²) in [4.78, 5) is 12.1. The van der Waals surface area contributed by atoms with Crippen LogP contribution in [-0.4, -0.2) is 18.5 Å². The highest BCUT2D eigenvalue weighted by molar-refractivity contribution is 9.11. The lowest BCUT2D eigenvalue weighted by atomic mass is 10.0. The molecule has 0 aromatic heterocycles. The number of hydrogen-bond acceptors (Lipinski definition) is 2. The molecule has 2 rings (SSSR count). The second-order valence-corrected chi connectivity index (χ2v) is 6.30. The molecule has 0 bridgehead atoms. The summed E-state index contributed by atoms with van der Waals surface area (Å²) in [5.74, 6) is 0.0416. The molecule has 1 aliphatic heterocycles. The number of rotatable bonds is 2. The lowest BCUT2D eigenvalue weighted by molar-refractivity contribution is -0.118. The molecule has 0 radical (unpaired) electrons. The van der Waals surface area contributed by atoms with Gasteiger partial charge in [0.2, 0.25) is 5.91 Å². The van der Waals surface area contributed by atoms with Gasteiger partial charge < -0.3 is 10.6 Å². The van der Waals surface area contributed by atoms with E-state index in [9.17, 15) is 4.79 Å². The van der Waals surface area contributed by atoms with Crippen molar-refractivity contribution < 1.29 is 4.79 Å². The van der Waals surface area contributed by atoms with Crippen molar-refractivity contribution in [3.63, 3.8) is 0 Å². The maximum atomic E-state index is 12.1. The van der Waals surface area contributed by atoms with Crippen molar-refractivity contribution in [3.05, 3.63) is 26.6 Å². The first-order valence-electron chi connectivity index (χ1n) is 6.08. The van der Waals surface area contributed by atoms with E-state index >= 15 is 0 Å². The van der Waals surface area contributed by atoms with Gasteiger partial charge in [-0.25, -0.2) is 0 Å². The maximum absolute atomic E-state index is 12.1. The van der Waals surface area contributed by atoms with Gasteiger partial charge in [0.1, 0.15) is 0 Å². The summed E-state index contributed by atoms with van der Waals surface area (Å²) in [6.07, 6.45) is 3.18. The quantitative estimate of drug-likeness (QED) is 0.829. The average Bonchev–Trinajstić information content (AvgIpc) is 2.34. The normalized spacial score (nSPS) is 19.6. The molecule has 0 spiro atoms. The highest BCUT2D eigenvalue weighted by Gasteiger charge is 2.21. The van der Waals surface area contributed by atoms with Gasteiger partial charge in [0, 0.05) is 8.95 Å². The number of carbonyl (C=O) groups is 1. The Kier molecular flexibility index (Phi) is 4.81. The van der Waals surface area contributed by atoms with Crippen molar-refractivity contribution in [2.75, 3.05) is 11.9 Å². The van der Waals surface area contributed by atoms with E-state index in [1.54, 1.807) is 0 Å². The largest absolute Gasteiger partial charge is 0.323 e. The number of hydrogen-bond donors (Lipinski definition) is 2. The monoisotopic (exact) mass is 374 g/mol. The number of benzene rings is 1. The predicted molar refractivity (Wildman–Crippen MR) is 80.9 cm³/mol. The zero-order chi connectivity index (χ0) is 13.1. The van der Waals surface area contributed by atoms with Crippen molar-refractivity contribution in [1.29, 1.82) is 0 Å². The Balaban J connectivity index is 2.11. The predicted octanol–water partition coefficient (Wildman–Crippen LogP) is 3.60. The first-order valence-corrected chi connectivity index (χ1v) is 7.66. The number of anilines is 1. The van der Waals surface area contributed by atoms with E-state index < -0.39 is 0 Å². The Morgan fingerprint density at radius 2 is 2.00 bits per heavy atom. The van der Waals surface area contributed by atoms with E-state index in [4.69, 9.17) is 0 Å². The first kappa shape index (κ1) is 14.0. The Hall–Kier alpha value is -0.390. The minimum atomic E-state index is -0.0705. The van der Waals surface area contributed by atoms with Crippen LogP contribution in [0.3, 0.4) is 0 Å². The molecule has 0 saturated carbocycles. The van der Waals surface area contributed by atoms with Crippen LogP contribution in [0.4, 0.5) is 5.69 Å². The van der Waals surface area contributed by atoms with E-state index in [-0.39, 0.29) is 11.9 Å². The van der Waals surface area contributed by atoms with Gasteiger partial charge in [0.15, 0.2) is 0 Å². The van der Waals surface area contributed by atoms with E-state index in [1.165, 1.54) is 0 Å². The summed E-state index contributed by atoms with van der Waals surface area (Å²) in [6.45, 7) is 2.94. The fourth-order valence-corrected chi connectivity index (χ4v) is 3.72. The van der Waals surface area contributed by atoms with Gasteiger partial charge in [0.25, 0.3) is 0 Å². The lowest BCUT2D eigenvalue weighted by Gasteiger charge is -2.23. The molecule has 5 heteroatoms. The Morgan fingerprint density at radius 3 is 2.56 bits per heavy atom. The number of aryl methyl sites for hydroxylation is 1. The third-order valence-electron chi connectivity index (χ3n) is 3.06. The van der Waals surface area contributed by atoms with Crippen LogP contribution in [0.2, 0.25) is 0 Å². The van der Waals surface area contributed by atoms with Crippen molar-refractivity contribution in [2.24, 2.45) is 0 Å². The van der Waals surface area contributed by atoms with E-state index in [0.717, 1.165) is 46.0 Å². The van der Waals surface area contributed by atoms with Gasteiger partial charge in [0.05, 0.1) is 11.7 Å². The minimum absolute atomic E-state index is 0.0416. The molecule has 1 aliphatic rings. The van der Waals surface area contributed by atoms with Crippen LogP contribution in [0, 0.1) is 6.92 Å². The van der Waals surface area contributed by atoms with Gasteiger partial charge in [-0.1, -0.05) is 6.42 Å². The van der Waals surface area contributed by atoms with Crippen molar-refractivity contribution in [3.8, 4) is 0 Å². The highest BCUT2D eigenvalue weighted by Crippen LogP contribution is 2.32. The third-order valence-corrected chi connectivity index (χ3v) is 4.31. The Labute approximate surface area is 124 Å². The lowest BCUT2D eigenvalue weighted by Crippen LogP contribution is -2.43. The molecule has 3 nitrogen and oxygen atoms in total. The molecule has 1 aromatic carbocycles. The van der Waals surface area contributed by atoms with E-state index in [0.29, 0.717) is 0 Å². The highest BCUT2D eigenvalue weighted by atomic mass is 79.9. The van der Waals surface area contributed by atoms with Crippen LogP contribution < -0.4 is 10.6 Å². The van der Waals surface area contributed by atoms with Crippen LogP contribution >= 0.6 is 31.9 Å². The van der Waals surface area contributed by atoms with Crippen molar-refractivity contribution >= 4 is 43.5 Å². The summed E-state index contributed by atoms with van der Waals surface area (Å²) in [5, 5.41) is 6.23. The number of nitrogens with one attached hydrogen (secondary N) is 2. The number of halogens is 2. The van der Waals surface area contributed by atoms with Crippen molar-refractivity contribution in [1.82, 2.24) is 5.32 Å². The molecule has 1 atom stereocenters. The van der Waals surface area contributed by atoms with Gasteiger partial charge in [-0.3, -0.25) is 4.79 Å². The standard InChI is InChI=1S/C13H16Br2N2O/c1-8-6-9(14)12(10(15)7-8)17-13(18)11-4-2-3-5-16-11/h6-7,11,16H,2-5H2,1H3,(H,17,18). The second kappa shape index (κ2) is 6.17. The molecule has 2 N–H and O–H groups in total. The SMILES string of the molecule is Cc1cc(Br)c(NC(=O)C2CCCCN2)c(Br)c1. The van der Waals surface area contributed by atoms with E-state index in [2.05, 4.69) is 42.5 Å². The molecule has 1 heterocycles. The van der Waals surface area contributed by atoms with Gasteiger partial charge in [-0.05, 0) is 75.9 Å². The topological polar surface area (TPSA) is 41.1 Å². The fourth-order valence-electron chi connectivity index (χ4n) is 2.11. The first-order chi connectivity index (χ1) is 8.58. The molecule has 1 amide bonds. The molecule has 0 aliphatic carbocycles. The second-order valence-electron chi connectivity index (χ2n) is 4.60. The summed E-state index contributed by atoms with van der Waals surface area (Å²) in [6, 6.07) is 3.92. The van der Waals surface area contributed by atoms with Crippen LogP contribution in [0.25, 0.3) is 0 Å². The molecule has 98 valence electrons. The fraction of sp³-hybridized carbons (Fsp3) is 0.462. The number of carbonyl (C=O) groups excluding carboxylic acids is 1. The number of piperidine rings is 1. The summed E-state index contributed by atoms with van der Waals surface area (Å²) in [7, 11) is 0. The molecule has 1 saturated heterocycles. The summed E-state index contributed by atoms with van der Waals surface area (Å²) < 4.78 is 1.80. The molecule has 1 unspecified atom stereocenters. The number of amides is 1. The van der Waals surface area contributed by atoms with E-state index in [1.807, 2.05) is 19.1 Å². The zero-order valence-electron chi connectivity index (χ0n) is 10.2. The summed E-state index contributed by atoms with van der Waals surface area (Å²) in [5.41, 5.74) is 1.94. The zero-order valence-corrected chi connectivity index (χ0v) is 13.4. The average molecular weight is 376 g/mol.